The van der Waals surface area contributed by atoms with Crippen molar-refractivity contribution >= 4 is 6.03 Å². The topological polar surface area (TPSA) is 61.8 Å². The number of carbonyl (C=O) groups is 1. The third-order valence-corrected chi connectivity index (χ3v) is 4.62. The highest BCUT2D eigenvalue weighted by molar-refractivity contribution is 5.75. The van der Waals surface area contributed by atoms with Gasteiger partial charge in [0.1, 0.15) is 0 Å². The lowest BCUT2D eigenvalue weighted by Gasteiger charge is -2.38. The van der Waals surface area contributed by atoms with Gasteiger partial charge in [-0.3, -0.25) is 0 Å². The predicted octanol–water partition coefficient (Wildman–Crippen LogP) is 2.29. The average Bonchev–Trinajstić information content (AvgIpc) is 2.46. The molecule has 1 aliphatic heterocycles. The van der Waals surface area contributed by atoms with Crippen LogP contribution in [-0.2, 0) is 4.74 Å². The molecule has 1 heterocycles. The quantitative estimate of drug-likeness (QED) is 0.830. The van der Waals surface area contributed by atoms with Gasteiger partial charge in [0.25, 0.3) is 0 Å². The lowest BCUT2D eigenvalue weighted by molar-refractivity contribution is -0.182. The number of alkyl halides is 3. The van der Waals surface area contributed by atoms with Crippen LogP contribution in [-0.4, -0.2) is 60.2 Å². The minimum absolute atomic E-state index is 0.0641. The summed E-state index contributed by atoms with van der Waals surface area (Å²) >= 11 is 0. The van der Waals surface area contributed by atoms with Crippen LogP contribution in [0, 0.1) is 5.92 Å². The van der Waals surface area contributed by atoms with Crippen LogP contribution in [0.25, 0.3) is 0 Å². The van der Waals surface area contributed by atoms with Crippen LogP contribution in [0.4, 0.5) is 18.0 Å². The molecule has 1 saturated carbocycles. The van der Waals surface area contributed by atoms with Gasteiger partial charge in [0, 0.05) is 12.6 Å². The van der Waals surface area contributed by atoms with Crippen LogP contribution < -0.4 is 5.32 Å². The number of hydrogen-bond donors (Lipinski definition) is 2. The molecule has 0 aromatic carbocycles. The fourth-order valence-corrected chi connectivity index (χ4v) is 3.33. The Hall–Kier alpha value is -1.02. The predicted molar refractivity (Wildman–Crippen MR) is 77.9 cm³/mol. The number of hydrogen-bond acceptors (Lipinski definition) is 3. The maximum absolute atomic E-state index is 12.7. The van der Waals surface area contributed by atoms with Crippen molar-refractivity contribution in [2.45, 2.75) is 63.4 Å². The number of urea groups is 1. The number of carbonyl (C=O) groups excluding carboxylic acids is 1. The van der Waals surface area contributed by atoms with Crippen LogP contribution in [0.15, 0.2) is 0 Å². The largest absolute Gasteiger partial charge is 0.393 e. The first kappa shape index (κ1) is 18.3. The van der Waals surface area contributed by atoms with E-state index >= 15 is 0 Å². The van der Waals surface area contributed by atoms with Crippen LogP contribution in [0.1, 0.15) is 39.0 Å². The van der Waals surface area contributed by atoms with Gasteiger partial charge in [0.05, 0.1) is 31.3 Å². The van der Waals surface area contributed by atoms with Gasteiger partial charge in [-0.15, -0.1) is 0 Å². The maximum Gasteiger partial charge on any atom is 0.391 e. The van der Waals surface area contributed by atoms with Gasteiger partial charge < -0.3 is 20.1 Å². The summed E-state index contributed by atoms with van der Waals surface area (Å²) in [6.45, 7) is 2.90. The van der Waals surface area contributed by atoms with Crippen molar-refractivity contribution < 1.29 is 27.8 Å². The summed E-state index contributed by atoms with van der Waals surface area (Å²) in [7, 11) is 0. The number of halogens is 3. The van der Waals surface area contributed by atoms with E-state index in [1.165, 1.54) is 0 Å². The lowest BCUT2D eigenvalue weighted by atomic mass is 9.85. The van der Waals surface area contributed by atoms with Crippen molar-refractivity contribution in [2.24, 2.45) is 5.92 Å². The Kier molecular flexibility index (Phi) is 6.13. The van der Waals surface area contributed by atoms with E-state index in [-0.39, 0.29) is 31.0 Å². The summed E-state index contributed by atoms with van der Waals surface area (Å²) in [4.78, 5) is 14.0. The first-order valence-electron chi connectivity index (χ1n) is 8.17. The van der Waals surface area contributed by atoms with Crippen LogP contribution in [0.5, 0.6) is 0 Å². The molecule has 0 radical (unpaired) electrons. The molecular formula is C15H25F3N2O3. The summed E-state index contributed by atoms with van der Waals surface area (Å²) in [6, 6.07) is -0.680. The number of nitrogens with one attached hydrogen (secondary N) is 1. The number of rotatable bonds is 3. The Morgan fingerprint density at radius 2 is 2.00 bits per heavy atom. The summed E-state index contributed by atoms with van der Waals surface area (Å²) in [5, 5.41) is 12.4. The smallest absolute Gasteiger partial charge is 0.391 e. The monoisotopic (exact) mass is 338 g/mol. The summed E-state index contributed by atoms with van der Waals surface area (Å²) in [5.74, 6) is -1.25. The van der Waals surface area contributed by atoms with E-state index in [9.17, 15) is 23.1 Å². The normalized spacial score (nSPS) is 30.8. The van der Waals surface area contributed by atoms with E-state index in [1.54, 1.807) is 11.8 Å². The zero-order valence-corrected chi connectivity index (χ0v) is 13.3. The van der Waals surface area contributed by atoms with Crippen molar-refractivity contribution in [3.8, 4) is 0 Å². The van der Waals surface area contributed by atoms with Gasteiger partial charge in [0.2, 0.25) is 0 Å². The molecule has 2 N–H and O–H groups in total. The van der Waals surface area contributed by atoms with E-state index in [0.29, 0.717) is 39.0 Å². The second-order valence-corrected chi connectivity index (χ2v) is 6.55. The fourth-order valence-electron chi connectivity index (χ4n) is 3.33. The molecule has 134 valence electrons. The van der Waals surface area contributed by atoms with Gasteiger partial charge in [-0.1, -0.05) is 0 Å². The molecule has 1 aliphatic carbocycles. The molecule has 2 fully saturated rings. The van der Waals surface area contributed by atoms with Gasteiger partial charge in [-0.05, 0) is 39.0 Å². The van der Waals surface area contributed by atoms with Crippen molar-refractivity contribution in [3.05, 3.63) is 0 Å². The molecule has 8 heteroatoms. The fraction of sp³-hybridized carbons (Fsp3) is 0.933. The van der Waals surface area contributed by atoms with Gasteiger partial charge in [-0.25, -0.2) is 4.79 Å². The van der Waals surface area contributed by atoms with Gasteiger partial charge >= 0.3 is 12.2 Å². The molecule has 0 unspecified atom stereocenters. The second-order valence-electron chi connectivity index (χ2n) is 6.55. The number of aliphatic hydroxyl groups is 1. The van der Waals surface area contributed by atoms with Crippen molar-refractivity contribution in [1.82, 2.24) is 10.2 Å². The second kappa shape index (κ2) is 7.70. The molecular weight excluding hydrogens is 313 g/mol. The van der Waals surface area contributed by atoms with E-state index in [1.807, 2.05) is 0 Å². The Morgan fingerprint density at radius 3 is 2.57 bits per heavy atom. The number of ether oxygens (including phenoxy) is 1. The molecule has 23 heavy (non-hydrogen) atoms. The Bertz CT molecular complexity index is 396. The number of amides is 2. The SMILES string of the molecule is C[C@@H](O)C[C@H]1COCCN1C(=O)NC1CCC(C(F)(F)F)CC1. The molecule has 0 spiro atoms. The molecule has 0 aromatic rings. The van der Waals surface area contributed by atoms with Crippen LogP contribution >= 0.6 is 0 Å². The summed E-state index contributed by atoms with van der Waals surface area (Å²) in [5.41, 5.74) is 0. The molecule has 1 saturated heterocycles. The molecule has 2 atom stereocenters. The van der Waals surface area contributed by atoms with Crippen LogP contribution in [0.3, 0.4) is 0 Å². The van der Waals surface area contributed by atoms with Gasteiger partial charge in [-0.2, -0.15) is 13.2 Å². The minimum atomic E-state index is -4.14. The number of nitrogens with zero attached hydrogens (tertiary/aromatic N) is 1. The molecule has 2 aliphatic rings. The third-order valence-electron chi connectivity index (χ3n) is 4.62. The summed E-state index contributed by atoms with van der Waals surface area (Å²) < 4.78 is 43.3. The zero-order valence-electron chi connectivity index (χ0n) is 13.3. The van der Waals surface area contributed by atoms with E-state index in [2.05, 4.69) is 5.32 Å². The Balaban J connectivity index is 1.84. The Labute approximate surface area is 134 Å². The first-order chi connectivity index (χ1) is 10.8. The van der Waals surface area contributed by atoms with E-state index < -0.39 is 18.2 Å². The molecule has 2 rings (SSSR count). The lowest BCUT2D eigenvalue weighted by Crippen LogP contribution is -2.55. The van der Waals surface area contributed by atoms with Crippen molar-refractivity contribution in [1.29, 1.82) is 0 Å². The third kappa shape index (κ3) is 5.24. The molecule has 0 bridgehead atoms. The first-order valence-corrected chi connectivity index (χ1v) is 8.17. The van der Waals surface area contributed by atoms with Crippen molar-refractivity contribution in [3.63, 3.8) is 0 Å². The number of morpholine rings is 1. The number of aliphatic hydroxyl groups excluding tert-OH is 1. The zero-order chi connectivity index (χ0) is 17.0. The van der Waals surface area contributed by atoms with Crippen molar-refractivity contribution in [2.75, 3.05) is 19.8 Å². The molecule has 5 nitrogen and oxygen atoms in total. The Morgan fingerprint density at radius 1 is 1.35 bits per heavy atom. The molecule has 2 amide bonds. The van der Waals surface area contributed by atoms with Gasteiger partial charge in [0.15, 0.2) is 0 Å². The van der Waals surface area contributed by atoms with E-state index in [4.69, 9.17) is 4.74 Å². The van der Waals surface area contributed by atoms with Crippen LogP contribution in [0.2, 0.25) is 0 Å². The highest BCUT2D eigenvalue weighted by Crippen LogP contribution is 2.37. The molecule has 0 aromatic heterocycles. The van der Waals surface area contributed by atoms with E-state index in [0.717, 1.165) is 0 Å². The minimum Gasteiger partial charge on any atom is -0.393 e. The summed E-state index contributed by atoms with van der Waals surface area (Å²) in [6.07, 6.45) is -3.43. The highest BCUT2D eigenvalue weighted by Gasteiger charge is 2.42. The average molecular weight is 338 g/mol. The maximum atomic E-state index is 12.7. The highest BCUT2D eigenvalue weighted by atomic mass is 19.4. The standard InChI is InChI=1S/C15H25F3N2O3/c1-10(21)8-13-9-23-7-6-20(13)14(22)19-12-4-2-11(3-5-12)15(16,17)18/h10-13,21H,2-9H2,1H3,(H,19,22)/t10-,11?,12?,13+/m1/s1.